The van der Waals surface area contributed by atoms with Crippen molar-refractivity contribution in [3.8, 4) is 0 Å². The minimum absolute atomic E-state index is 0.311. The standard InChI is InChI=1S/C14H22N2O3S/c1-10-6-12(8-15)7-13(11(10)2)20(17,18)16-14(3)4-5-19-9-14/h6-7,16H,4-5,8-9,15H2,1-3H3. The molecule has 1 fully saturated rings. The van der Waals surface area contributed by atoms with Crippen molar-refractivity contribution in [2.45, 2.75) is 44.2 Å². The van der Waals surface area contributed by atoms with Gasteiger partial charge in [0.05, 0.1) is 17.0 Å². The summed E-state index contributed by atoms with van der Waals surface area (Å²) >= 11 is 0. The number of benzene rings is 1. The van der Waals surface area contributed by atoms with Gasteiger partial charge in [-0.3, -0.25) is 0 Å². The van der Waals surface area contributed by atoms with Gasteiger partial charge >= 0.3 is 0 Å². The van der Waals surface area contributed by atoms with Gasteiger partial charge in [0.15, 0.2) is 0 Å². The Hall–Kier alpha value is -0.950. The number of aryl methyl sites for hydroxylation is 1. The third-order valence-electron chi connectivity index (χ3n) is 3.80. The predicted octanol–water partition coefficient (Wildman–Crippen LogP) is 1.22. The summed E-state index contributed by atoms with van der Waals surface area (Å²) in [5, 5.41) is 0. The molecule has 0 aromatic heterocycles. The molecule has 1 saturated heterocycles. The molecule has 0 aliphatic carbocycles. The van der Waals surface area contributed by atoms with E-state index in [4.69, 9.17) is 10.5 Å². The van der Waals surface area contributed by atoms with Gasteiger partial charge < -0.3 is 10.5 Å². The molecule has 3 N–H and O–H groups in total. The summed E-state index contributed by atoms with van der Waals surface area (Å²) in [7, 11) is -3.57. The zero-order chi connectivity index (χ0) is 15.0. The van der Waals surface area contributed by atoms with Gasteiger partial charge in [0.25, 0.3) is 0 Å². The Morgan fingerprint density at radius 3 is 2.65 bits per heavy atom. The Balaban J connectivity index is 2.41. The molecular weight excluding hydrogens is 276 g/mol. The van der Waals surface area contributed by atoms with E-state index in [2.05, 4.69) is 4.72 Å². The van der Waals surface area contributed by atoms with Crippen molar-refractivity contribution in [2.24, 2.45) is 5.73 Å². The second-order valence-corrected chi connectivity index (χ2v) is 7.36. The van der Waals surface area contributed by atoms with Crippen molar-refractivity contribution in [2.75, 3.05) is 13.2 Å². The SMILES string of the molecule is Cc1cc(CN)cc(S(=O)(=O)NC2(C)CCOC2)c1C. The Kier molecular flexibility index (Phi) is 4.20. The van der Waals surface area contributed by atoms with Crippen LogP contribution in [0.1, 0.15) is 30.0 Å². The van der Waals surface area contributed by atoms with Crippen LogP contribution >= 0.6 is 0 Å². The quantitative estimate of drug-likeness (QED) is 0.875. The summed E-state index contributed by atoms with van der Waals surface area (Å²) in [5.74, 6) is 0. The van der Waals surface area contributed by atoms with Crippen LogP contribution in [0.5, 0.6) is 0 Å². The first-order valence-electron chi connectivity index (χ1n) is 6.69. The maximum atomic E-state index is 12.6. The summed E-state index contributed by atoms with van der Waals surface area (Å²) in [6.07, 6.45) is 0.681. The van der Waals surface area contributed by atoms with E-state index < -0.39 is 15.6 Å². The molecule has 0 saturated carbocycles. The molecule has 0 amide bonds. The Bertz CT molecular complexity index is 605. The Labute approximate surface area is 120 Å². The fraction of sp³-hybridized carbons (Fsp3) is 0.571. The summed E-state index contributed by atoms with van der Waals surface area (Å²) in [6.45, 7) is 6.89. The summed E-state index contributed by atoms with van der Waals surface area (Å²) in [6, 6.07) is 3.58. The van der Waals surface area contributed by atoms with Crippen LogP contribution in [0, 0.1) is 13.8 Å². The highest BCUT2D eigenvalue weighted by atomic mass is 32.2. The van der Waals surface area contributed by atoms with Gasteiger partial charge in [-0.25, -0.2) is 13.1 Å². The lowest BCUT2D eigenvalue weighted by molar-refractivity contribution is 0.178. The number of hydrogen-bond acceptors (Lipinski definition) is 4. The fourth-order valence-electron chi connectivity index (χ4n) is 2.42. The van der Waals surface area contributed by atoms with Gasteiger partial charge in [-0.2, -0.15) is 0 Å². The van der Waals surface area contributed by atoms with Gasteiger partial charge in [0, 0.05) is 13.2 Å². The molecule has 1 aromatic rings. The van der Waals surface area contributed by atoms with E-state index >= 15 is 0 Å². The Morgan fingerprint density at radius 2 is 2.10 bits per heavy atom. The molecule has 1 unspecified atom stereocenters. The summed E-state index contributed by atoms with van der Waals surface area (Å²) in [4.78, 5) is 0.311. The average molecular weight is 298 g/mol. The highest BCUT2D eigenvalue weighted by molar-refractivity contribution is 7.89. The first-order valence-corrected chi connectivity index (χ1v) is 8.18. The van der Waals surface area contributed by atoms with E-state index in [0.717, 1.165) is 16.7 Å². The van der Waals surface area contributed by atoms with E-state index in [0.29, 0.717) is 31.1 Å². The maximum absolute atomic E-state index is 12.6. The molecular formula is C14H22N2O3S. The zero-order valence-electron chi connectivity index (χ0n) is 12.2. The molecule has 1 heterocycles. The van der Waals surface area contributed by atoms with Crippen LogP contribution in [0.15, 0.2) is 17.0 Å². The van der Waals surface area contributed by atoms with Crippen LogP contribution in [0.3, 0.4) is 0 Å². The monoisotopic (exact) mass is 298 g/mol. The van der Waals surface area contributed by atoms with Gasteiger partial charge in [0.1, 0.15) is 0 Å². The second-order valence-electron chi connectivity index (χ2n) is 5.71. The molecule has 0 bridgehead atoms. The normalized spacial score (nSPS) is 23.2. The molecule has 0 spiro atoms. The van der Waals surface area contributed by atoms with E-state index in [1.807, 2.05) is 26.8 Å². The molecule has 6 heteroatoms. The van der Waals surface area contributed by atoms with E-state index in [-0.39, 0.29) is 0 Å². The molecule has 2 rings (SSSR count). The lowest BCUT2D eigenvalue weighted by Crippen LogP contribution is -2.46. The second kappa shape index (κ2) is 5.44. The fourth-order valence-corrected chi connectivity index (χ4v) is 4.21. The third kappa shape index (κ3) is 3.03. The summed E-state index contributed by atoms with van der Waals surface area (Å²) in [5.41, 5.74) is 7.62. The van der Waals surface area contributed by atoms with Crippen LogP contribution in [0.2, 0.25) is 0 Å². The smallest absolute Gasteiger partial charge is 0.241 e. The van der Waals surface area contributed by atoms with Crippen molar-refractivity contribution in [1.82, 2.24) is 4.72 Å². The molecule has 1 atom stereocenters. The molecule has 5 nitrogen and oxygen atoms in total. The number of nitrogens with two attached hydrogens (primary N) is 1. The van der Waals surface area contributed by atoms with Gasteiger partial charge in [-0.05, 0) is 49.9 Å². The third-order valence-corrected chi connectivity index (χ3v) is 5.57. The van der Waals surface area contributed by atoms with Gasteiger partial charge in [-0.1, -0.05) is 6.07 Å². The number of sulfonamides is 1. The molecule has 1 aliphatic heterocycles. The van der Waals surface area contributed by atoms with Gasteiger partial charge in [-0.15, -0.1) is 0 Å². The van der Waals surface area contributed by atoms with Crippen LogP contribution in [-0.2, 0) is 21.3 Å². The van der Waals surface area contributed by atoms with Crippen molar-refractivity contribution < 1.29 is 13.2 Å². The summed E-state index contributed by atoms with van der Waals surface area (Å²) < 4.78 is 33.3. The maximum Gasteiger partial charge on any atom is 0.241 e. The topological polar surface area (TPSA) is 81.4 Å². The molecule has 1 aromatic carbocycles. The van der Waals surface area contributed by atoms with Crippen LogP contribution in [0.25, 0.3) is 0 Å². The largest absolute Gasteiger partial charge is 0.379 e. The van der Waals surface area contributed by atoms with Crippen molar-refractivity contribution in [3.05, 3.63) is 28.8 Å². The van der Waals surface area contributed by atoms with Crippen molar-refractivity contribution in [1.29, 1.82) is 0 Å². The number of ether oxygens (including phenoxy) is 1. The lowest BCUT2D eigenvalue weighted by atomic mass is 10.0. The van der Waals surface area contributed by atoms with E-state index in [1.54, 1.807) is 6.07 Å². The van der Waals surface area contributed by atoms with Crippen LogP contribution in [-0.4, -0.2) is 27.2 Å². The minimum atomic E-state index is -3.57. The highest BCUT2D eigenvalue weighted by Crippen LogP contribution is 2.25. The van der Waals surface area contributed by atoms with Crippen molar-refractivity contribution >= 4 is 10.0 Å². The minimum Gasteiger partial charge on any atom is -0.379 e. The molecule has 1 aliphatic rings. The zero-order valence-corrected chi connectivity index (χ0v) is 13.0. The van der Waals surface area contributed by atoms with Crippen LogP contribution in [0.4, 0.5) is 0 Å². The first-order chi connectivity index (χ1) is 9.27. The number of nitrogens with one attached hydrogen (secondary N) is 1. The number of hydrogen-bond donors (Lipinski definition) is 2. The highest BCUT2D eigenvalue weighted by Gasteiger charge is 2.35. The van der Waals surface area contributed by atoms with Crippen molar-refractivity contribution in [3.63, 3.8) is 0 Å². The molecule has 0 radical (unpaired) electrons. The van der Waals surface area contributed by atoms with E-state index in [9.17, 15) is 8.42 Å². The number of rotatable bonds is 4. The Morgan fingerprint density at radius 1 is 1.40 bits per heavy atom. The van der Waals surface area contributed by atoms with E-state index in [1.165, 1.54) is 0 Å². The average Bonchev–Trinajstić information content (AvgIpc) is 2.77. The first kappa shape index (κ1) is 15.4. The lowest BCUT2D eigenvalue weighted by Gasteiger charge is -2.24. The molecule has 20 heavy (non-hydrogen) atoms. The predicted molar refractivity (Wildman–Crippen MR) is 78.0 cm³/mol. The van der Waals surface area contributed by atoms with Crippen LogP contribution < -0.4 is 10.5 Å². The van der Waals surface area contributed by atoms with Gasteiger partial charge in [0.2, 0.25) is 10.0 Å². The molecule has 112 valence electrons.